The van der Waals surface area contributed by atoms with Gasteiger partial charge in [-0.1, -0.05) is 97.9 Å². The molecule has 7 heteroatoms. The van der Waals surface area contributed by atoms with E-state index in [9.17, 15) is 0 Å². The summed E-state index contributed by atoms with van der Waals surface area (Å²) in [7, 11) is 0. The zero-order chi connectivity index (χ0) is 42.2. The number of hydrogen-bond donors (Lipinski definition) is 0. The van der Waals surface area contributed by atoms with Gasteiger partial charge in [0.15, 0.2) is 17.5 Å². The molecule has 0 N–H and O–H groups in total. The number of para-hydroxylation sites is 3. The Hall–Kier alpha value is -8.55. The summed E-state index contributed by atoms with van der Waals surface area (Å²) in [6.07, 6.45) is 3.41. The topological polar surface area (TPSA) is 73.8 Å². The van der Waals surface area contributed by atoms with Crippen LogP contribution in [0.25, 0.3) is 150 Å². The van der Waals surface area contributed by atoms with E-state index in [1.165, 1.54) is 59.8 Å². The molecule has 0 radical (unpaired) electrons. The molecule has 0 saturated heterocycles. The second-order valence-corrected chi connectivity index (χ2v) is 18.0. The van der Waals surface area contributed by atoms with Gasteiger partial charge in [0.05, 0.1) is 33.1 Å². The fourth-order valence-corrected chi connectivity index (χ4v) is 11.6. The van der Waals surface area contributed by atoms with Crippen LogP contribution >= 0.6 is 0 Å². The van der Waals surface area contributed by atoms with E-state index in [0.717, 1.165) is 83.4 Å². The van der Waals surface area contributed by atoms with Crippen molar-refractivity contribution in [3.05, 3.63) is 169 Å². The maximum atomic E-state index is 6.42. The third-order valence-electron chi connectivity index (χ3n) is 14.5. The van der Waals surface area contributed by atoms with Crippen LogP contribution in [-0.4, -0.2) is 23.8 Å². The highest BCUT2D eigenvalue weighted by atomic mass is 16.3. The van der Waals surface area contributed by atoms with Crippen molar-refractivity contribution in [2.45, 2.75) is 19.3 Å². The van der Waals surface area contributed by atoms with Crippen LogP contribution < -0.4 is 5.22 Å². The summed E-state index contributed by atoms with van der Waals surface area (Å²) in [5.41, 5.74) is 14.9. The number of furan rings is 2. The van der Waals surface area contributed by atoms with Crippen LogP contribution in [0, 0.1) is 0 Å². The summed E-state index contributed by atoms with van der Waals surface area (Å²) in [6, 6.07) is 56.0. The Morgan fingerprint density at radius 2 is 0.923 bits per heavy atom. The Bertz CT molecular complexity index is 4650. The van der Waals surface area contributed by atoms with Gasteiger partial charge >= 0.3 is 0 Å². The molecule has 7 nitrogen and oxygen atoms in total. The van der Waals surface area contributed by atoms with Crippen LogP contribution in [0.2, 0.25) is 0 Å². The molecule has 1 unspecified atom stereocenters. The highest BCUT2D eigenvalue weighted by Crippen LogP contribution is 2.44. The van der Waals surface area contributed by atoms with Gasteiger partial charge in [-0.3, -0.25) is 0 Å². The fourth-order valence-electron chi connectivity index (χ4n) is 11.6. The highest BCUT2D eigenvalue weighted by molar-refractivity contribution is 6.26. The molecule has 0 fully saturated rings. The molecule has 7 aromatic heterocycles. The van der Waals surface area contributed by atoms with E-state index in [1.807, 2.05) is 36.4 Å². The van der Waals surface area contributed by atoms with Crippen molar-refractivity contribution in [3.63, 3.8) is 0 Å². The Balaban J connectivity index is 0.897. The van der Waals surface area contributed by atoms with E-state index in [-0.39, 0.29) is 0 Å². The van der Waals surface area contributed by atoms with Crippen molar-refractivity contribution in [1.29, 1.82) is 0 Å². The summed E-state index contributed by atoms with van der Waals surface area (Å²) < 4.78 is 17.7. The molecule has 0 spiro atoms. The smallest absolute Gasteiger partial charge is 0.164 e. The molecule has 1 aliphatic rings. The summed E-state index contributed by atoms with van der Waals surface area (Å²) in [5.74, 6) is 2.27. The van der Waals surface area contributed by atoms with E-state index in [4.69, 9.17) is 23.8 Å². The van der Waals surface area contributed by atoms with Gasteiger partial charge in [-0.2, -0.15) is 0 Å². The molecule has 1 atom stereocenters. The van der Waals surface area contributed by atoms with Crippen molar-refractivity contribution in [1.82, 2.24) is 23.8 Å². The monoisotopic (exact) mass is 831 g/mol. The molecule has 1 aliphatic carbocycles. The van der Waals surface area contributed by atoms with Crippen molar-refractivity contribution in [2.75, 3.05) is 0 Å². The molecule has 0 bridgehead atoms. The Morgan fingerprint density at radius 1 is 0.400 bits per heavy atom. The van der Waals surface area contributed by atoms with Gasteiger partial charge in [-0.25, -0.2) is 15.0 Å². The number of fused-ring (bicyclic) bond motifs is 18. The van der Waals surface area contributed by atoms with Crippen LogP contribution in [0.1, 0.15) is 24.8 Å². The Labute approximate surface area is 368 Å². The minimum absolute atomic E-state index is 0.345. The lowest BCUT2D eigenvalue weighted by atomic mass is 9.90. The van der Waals surface area contributed by atoms with Crippen molar-refractivity contribution >= 4 is 115 Å². The van der Waals surface area contributed by atoms with Gasteiger partial charge in [0, 0.05) is 87.9 Å². The van der Waals surface area contributed by atoms with Crippen molar-refractivity contribution in [3.8, 4) is 34.2 Å². The minimum atomic E-state index is 0.345. The second kappa shape index (κ2) is 11.9. The molecule has 0 amide bonds. The number of hydrogen-bond acceptors (Lipinski definition) is 5. The Morgan fingerprint density at radius 3 is 1.60 bits per heavy atom. The standard InChI is InChI=1S/C58H33N5O2/c1-30-18-21-38-41-27-43-35-13-6-8-17-50(35)65-52(43)29-48(41)63-46-23-20-33(25-44(46)53(30)55(38)63)58-60-56(31-10-3-2-4-11-31)59-57(61-58)32-19-22-45-39(24-32)36-14-9-15-37-40-26-42-34-12-5-7-16-49(34)64-51(42)28-47(40)62(45)54(36)37/h2-17,19-30H,18H2,1H3. The van der Waals surface area contributed by atoms with Crippen molar-refractivity contribution < 1.29 is 8.83 Å². The number of nitrogens with zero attached hydrogens (tertiary/aromatic N) is 5. The third-order valence-corrected chi connectivity index (χ3v) is 14.5. The molecule has 7 heterocycles. The highest BCUT2D eigenvalue weighted by Gasteiger charge is 2.27. The average molecular weight is 832 g/mol. The quantitative estimate of drug-likeness (QED) is 0.177. The van der Waals surface area contributed by atoms with E-state index in [2.05, 4.69) is 143 Å². The lowest BCUT2D eigenvalue weighted by Crippen LogP contribution is -2.08. The zero-order valence-corrected chi connectivity index (χ0v) is 34.9. The SMILES string of the molecule is CC1CC=c2c3cc4c(cc3n3c2c1c1cc(-c2nc(-c5ccccc5)nc(-c5ccc6c(c5)c5cccc7c8cc9c(cc8n6c57)oc5ccccc59)n2)ccc13)oc1ccccc14. The Kier molecular flexibility index (Phi) is 6.23. The van der Waals surface area contributed by atoms with Crippen LogP contribution in [-0.2, 0) is 0 Å². The third kappa shape index (κ3) is 4.37. The first-order valence-corrected chi connectivity index (χ1v) is 22.3. The maximum absolute atomic E-state index is 6.42. The number of benzene rings is 8. The predicted octanol–water partition coefficient (Wildman–Crippen LogP) is 14.4. The first-order valence-electron chi connectivity index (χ1n) is 22.3. The van der Waals surface area contributed by atoms with Crippen LogP contribution in [0.4, 0.5) is 0 Å². The molecule has 15 aromatic rings. The summed E-state index contributed by atoms with van der Waals surface area (Å²) in [4.78, 5) is 15.7. The molecule has 8 aromatic carbocycles. The zero-order valence-electron chi connectivity index (χ0n) is 34.9. The van der Waals surface area contributed by atoms with E-state index in [1.54, 1.807) is 0 Å². The fraction of sp³-hybridized carbons (Fsp3) is 0.0517. The lowest BCUT2D eigenvalue weighted by Gasteiger charge is -2.13. The van der Waals surface area contributed by atoms with E-state index in [0.29, 0.717) is 23.4 Å². The number of aromatic nitrogens is 5. The van der Waals surface area contributed by atoms with Gasteiger partial charge in [0.2, 0.25) is 0 Å². The van der Waals surface area contributed by atoms with Gasteiger partial charge in [-0.15, -0.1) is 0 Å². The minimum Gasteiger partial charge on any atom is -0.456 e. The van der Waals surface area contributed by atoms with Gasteiger partial charge in [-0.05, 0) is 78.6 Å². The van der Waals surface area contributed by atoms with Crippen LogP contribution in [0.15, 0.2) is 167 Å². The molecule has 0 aliphatic heterocycles. The molecular formula is C58H33N5O2. The summed E-state index contributed by atoms with van der Waals surface area (Å²) in [5, 5.41) is 13.2. The van der Waals surface area contributed by atoms with Gasteiger partial charge in [0.1, 0.15) is 22.3 Å². The predicted molar refractivity (Wildman–Crippen MR) is 264 cm³/mol. The lowest BCUT2D eigenvalue weighted by molar-refractivity contribution is 0.669. The first-order chi connectivity index (χ1) is 32.1. The molecule has 65 heavy (non-hydrogen) atoms. The summed E-state index contributed by atoms with van der Waals surface area (Å²) >= 11 is 0. The summed E-state index contributed by atoms with van der Waals surface area (Å²) in [6.45, 7) is 2.35. The first kappa shape index (κ1) is 34.0. The average Bonchev–Trinajstić information content (AvgIpc) is 4.19. The molecule has 16 rings (SSSR count). The normalized spacial score (nSPS) is 14.4. The van der Waals surface area contributed by atoms with Crippen LogP contribution in [0.3, 0.4) is 0 Å². The number of rotatable bonds is 3. The molecule has 302 valence electrons. The van der Waals surface area contributed by atoms with Crippen molar-refractivity contribution in [2.24, 2.45) is 0 Å². The van der Waals surface area contributed by atoms with Gasteiger partial charge in [0.25, 0.3) is 0 Å². The second-order valence-electron chi connectivity index (χ2n) is 18.0. The van der Waals surface area contributed by atoms with E-state index < -0.39 is 0 Å². The molecule has 0 saturated carbocycles. The molecular weight excluding hydrogens is 799 g/mol. The maximum Gasteiger partial charge on any atom is 0.164 e. The van der Waals surface area contributed by atoms with E-state index >= 15 is 0 Å². The van der Waals surface area contributed by atoms with Crippen LogP contribution in [0.5, 0.6) is 0 Å². The largest absolute Gasteiger partial charge is 0.456 e. The van der Waals surface area contributed by atoms with Gasteiger partial charge < -0.3 is 17.6 Å².